The first-order valence-corrected chi connectivity index (χ1v) is 4.64. The van der Waals surface area contributed by atoms with Gasteiger partial charge in [-0.2, -0.15) is 0 Å². The van der Waals surface area contributed by atoms with Gasteiger partial charge in [-0.3, -0.25) is 4.98 Å². The van der Waals surface area contributed by atoms with E-state index in [1.165, 1.54) is 5.56 Å². The Labute approximate surface area is 83.2 Å². The monoisotopic (exact) mass is 190 g/mol. The smallest absolute Gasteiger partial charge is 0.121 e. The molecule has 0 unspecified atom stereocenters. The highest BCUT2D eigenvalue weighted by Gasteiger charge is 2.19. The lowest BCUT2D eigenvalue weighted by molar-refractivity contribution is 0.997. The summed E-state index contributed by atoms with van der Waals surface area (Å²) < 4.78 is 0. The zero-order chi connectivity index (χ0) is 10.3. The van der Waals surface area contributed by atoms with Crippen LogP contribution in [0, 0.1) is 20.8 Å². The molecule has 74 valence electrons. The number of nitrogens with two attached hydrogens (primary N) is 1. The van der Waals surface area contributed by atoms with Crippen molar-refractivity contribution >= 4 is 11.5 Å². The first kappa shape index (κ1) is 9.15. The quantitative estimate of drug-likeness (QED) is 0.475. The maximum atomic E-state index is 5.35. The van der Waals surface area contributed by atoms with Gasteiger partial charge in [-0.1, -0.05) is 0 Å². The Kier molecular flexibility index (Phi) is 2.00. The van der Waals surface area contributed by atoms with Crippen LogP contribution in [-0.4, -0.2) is 10.8 Å². The van der Waals surface area contributed by atoms with Gasteiger partial charge in [-0.15, -0.1) is 0 Å². The molecule has 0 aliphatic carbocycles. The predicted molar refractivity (Wildman–Crippen MR) is 56.6 cm³/mol. The highest BCUT2D eigenvalue weighted by molar-refractivity contribution is 5.92. The first-order valence-electron chi connectivity index (χ1n) is 4.64. The largest absolute Gasteiger partial charge is 0.312 e. The molecule has 0 spiro atoms. The second kappa shape index (κ2) is 3.06. The average Bonchev–Trinajstić information content (AvgIpc) is 2.58. The normalized spacial score (nSPS) is 13.9. The van der Waals surface area contributed by atoms with Crippen molar-refractivity contribution in [1.82, 2.24) is 10.4 Å². The van der Waals surface area contributed by atoms with Crippen molar-refractivity contribution < 1.29 is 0 Å². The third-order valence-electron chi connectivity index (χ3n) is 2.71. The van der Waals surface area contributed by atoms with Crippen LogP contribution in [0.1, 0.15) is 22.5 Å². The number of pyridine rings is 1. The van der Waals surface area contributed by atoms with Gasteiger partial charge >= 0.3 is 0 Å². The molecule has 1 aromatic rings. The number of rotatable bonds is 0. The van der Waals surface area contributed by atoms with Crippen LogP contribution < -0.4 is 11.3 Å². The van der Waals surface area contributed by atoms with Crippen molar-refractivity contribution in [2.75, 3.05) is 0 Å². The van der Waals surface area contributed by atoms with E-state index in [2.05, 4.69) is 15.4 Å². The van der Waals surface area contributed by atoms with Crippen LogP contribution in [0.4, 0.5) is 5.69 Å². The summed E-state index contributed by atoms with van der Waals surface area (Å²) in [5.74, 6) is 6.17. The van der Waals surface area contributed by atoms with Crippen LogP contribution in [0.25, 0.3) is 0 Å². The van der Waals surface area contributed by atoms with Crippen LogP contribution in [0.15, 0.2) is 4.99 Å². The summed E-state index contributed by atoms with van der Waals surface area (Å²) in [4.78, 5) is 8.90. The van der Waals surface area contributed by atoms with E-state index >= 15 is 0 Å². The number of hydrazine groups is 1. The van der Waals surface area contributed by atoms with Crippen molar-refractivity contribution in [3.05, 3.63) is 22.5 Å². The van der Waals surface area contributed by atoms with Crippen molar-refractivity contribution in [2.24, 2.45) is 10.8 Å². The Morgan fingerprint density at radius 1 is 1.21 bits per heavy atom. The maximum Gasteiger partial charge on any atom is 0.121 e. The summed E-state index contributed by atoms with van der Waals surface area (Å²) in [5, 5.41) is 0. The topological polar surface area (TPSA) is 63.3 Å². The minimum Gasteiger partial charge on any atom is -0.312 e. The molecule has 0 fully saturated rings. The molecule has 0 saturated heterocycles. The predicted octanol–water partition coefficient (Wildman–Crippen LogP) is 1.06. The molecule has 4 nitrogen and oxygen atoms in total. The zero-order valence-electron chi connectivity index (χ0n) is 8.68. The second-order valence-electron chi connectivity index (χ2n) is 3.61. The molecular weight excluding hydrogens is 176 g/mol. The number of nitrogens with zero attached hydrogens (tertiary/aromatic N) is 2. The van der Waals surface area contributed by atoms with E-state index in [1.807, 2.05) is 20.8 Å². The van der Waals surface area contributed by atoms with Gasteiger partial charge in [0.25, 0.3) is 0 Å². The molecule has 1 aliphatic rings. The fourth-order valence-corrected chi connectivity index (χ4v) is 1.76. The fraction of sp³-hybridized carbons (Fsp3) is 0.400. The van der Waals surface area contributed by atoms with E-state index in [-0.39, 0.29) is 0 Å². The molecule has 0 amide bonds. The summed E-state index contributed by atoms with van der Waals surface area (Å²) in [6.07, 6.45) is 0.770. The van der Waals surface area contributed by atoms with Crippen LogP contribution >= 0.6 is 0 Å². The van der Waals surface area contributed by atoms with Gasteiger partial charge in [-0.05, 0) is 26.3 Å². The Morgan fingerprint density at radius 2 is 1.93 bits per heavy atom. The van der Waals surface area contributed by atoms with Crippen LogP contribution in [0.2, 0.25) is 0 Å². The van der Waals surface area contributed by atoms with Gasteiger partial charge in [0.15, 0.2) is 0 Å². The Morgan fingerprint density at radius 3 is 2.57 bits per heavy atom. The van der Waals surface area contributed by atoms with Crippen molar-refractivity contribution in [3.63, 3.8) is 0 Å². The Balaban J connectivity index is 2.61. The molecule has 2 rings (SSSR count). The number of nitrogens with one attached hydrogen (secondary N) is 1. The van der Waals surface area contributed by atoms with Gasteiger partial charge in [0, 0.05) is 23.4 Å². The lowest BCUT2D eigenvalue weighted by Crippen LogP contribution is -2.30. The molecule has 14 heavy (non-hydrogen) atoms. The van der Waals surface area contributed by atoms with E-state index in [9.17, 15) is 0 Å². The van der Waals surface area contributed by atoms with Gasteiger partial charge < -0.3 is 5.43 Å². The van der Waals surface area contributed by atoms with Crippen LogP contribution in [0.3, 0.4) is 0 Å². The third-order valence-corrected chi connectivity index (χ3v) is 2.71. The highest BCUT2D eigenvalue weighted by Crippen LogP contribution is 2.32. The molecule has 2 heterocycles. The lowest BCUT2D eigenvalue weighted by atomic mass is 10.1. The van der Waals surface area contributed by atoms with Gasteiger partial charge in [-0.25, -0.2) is 10.8 Å². The third kappa shape index (κ3) is 1.19. The minimum absolute atomic E-state index is 0.770. The number of aromatic nitrogens is 1. The summed E-state index contributed by atoms with van der Waals surface area (Å²) in [6.45, 7) is 6.07. The SMILES string of the molecule is Cc1nc(C)c2c(c1C)N=C(NN)C2. The standard InChI is InChI=1S/C10H14N4/c1-5-6(2)12-7(3)8-4-9(14-11)13-10(5)8/h4,11H2,1-3H3,(H,13,14). The van der Waals surface area contributed by atoms with E-state index in [0.29, 0.717) is 0 Å². The van der Waals surface area contributed by atoms with E-state index in [4.69, 9.17) is 5.84 Å². The first-order chi connectivity index (χ1) is 6.63. The van der Waals surface area contributed by atoms with Crippen LogP contribution in [-0.2, 0) is 6.42 Å². The maximum absolute atomic E-state index is 5.35. The summed E-state index contributed by atoms with van der Waals surface area (Å²) in [5.41, 5.74) is 8.09. The highest BCUT2D eigenvalue weighted by atomic mass is 15.3. The van der Waals surface area contributed by atoms with E-state index in [0.717, 1.165) is 34.9 Å². The molecule has 1 aromatic heterocycles. The van der Waals surface area contributed by atoms with Gasteiger partial charge in [0.2, 0.25) is 0 Å². The molecule has 1 aliphatic heterocycles. The minimum atomic E-state index is 0.770. The fourth-order valence-electron chi connectivity index (χ4n) is 1.76. The number of aliphatic imine (C=N–C) groups is 1. The average molecular weight is 190 g/mol. The second-order valence-corrected chi connectivity index (χ2v) is 3.61. The lowest BCUT2D eigenvalue weighted by Gasteiger charge is -2.07. The van der Waals surface area contributed by atoms with Crippen molar-refractivity contribution in [1.29, 1.82) is 0 Å². The summed E-state index contributed by atoms with van der Waals surface area (Å²) >= 11 is 0. The summed E-state index contributed by atoms with van der Waals surface area (Å²) in [6, 6.07) is 0. The summed E-state index contributed by atoms with van der Waals surface area (Å²) in [7, 11) is 0. The van der Waals surface area contributed by atoms with Crippen LogP contribution in [0.5, 0.6) is 0 Å². The number of aryl methyl sites for hydroxylation is 2. The number of hydrogen-bond acceptors (Lipinski definition) is 4. The molecule has 0 radical (unpaired) electrons. The number of hydrogen-bond donors (Lipinski definition) is 2. The molecular formula is C10H14N4. The Hall–Kier alpha value is -1.42. The van der Waals surface area contributed by atoms with E-state index < -0.39 is 0 Å². The Bertz CT molecular complexity index is 421. The van der Waals surface area contributed by atoms with Crippen molar-refractivity contribution in [3.8, 4) is 0 Å². The molecule has 0 aromatic carbocycles. The zero-order valence-corrected chi connectivity index (χ0v) is 8.68. The van der Waals surface area contributed by atoms with Crippen molar-refractivity contribution in [2.45, 2.75) is 27.2 Å². The molecule has 3 N–H and O–H groups in total. The van der Waals surface area contributed by atoms with Gasteiger partial charge in [0.05, 0.1) is 5.69 Å². The van der Waals surface area contributed by atoms with E-state index in [1.54, 1.807) is 0 Å². The molecule has 0 saturated carbocycles. The molecule has 0 atom stereocenters. The van der Waals surface area contributed by atoms with Gasteiger partial charge in [0.1, 0.15) is 5.84 Å². The molecule has 0 bridgehead atoms. The number of amidine groups is 1. The molecule has 4 heteroatoms. The number of fused-ring (bicyclic) bond motifs is 1.